The molecule has 1 aromatic carbocycles. The second kappa shape index (κ2) is 4.64. The van der Waals surface area contributed by atoms with Crippen LogP contribution in [0.3, 0.4) is 0 Å². The fourth-order valence-electron chi connectivity index (χ4n) is 2.15. The lowest BCUT2D eigenvalue weighted by Crippen LogP contribution is -2.36. The molecule has 1 heterocycles. The third-order valence-corrected chi connectivity index (χ3v) is 3.12. The van der Waals surface area contributed by atoms with Crippen LogP contribution in [0.15, 0.2) is 24.3 Å². The normalized spacial score (nSPS) is 23.7. The van der Waals surface area contributed by atoms with E-state index in [4.69, 9.17) is 5.73 Å². The lowest BCUT2D eigenvalue weighted by molar-refractivity contribution is 0.326. The number of hydrogen-bond acceptors (Lipinski definition) is 3. The van der Waals surface area contributed by atoms with Crippen LogP contribution < -0.4 is 11.1 Å². The molecular formula is C12H18N2O. The van der Waals surface area contributed by atoms with Crippen molar-refractivity contribution >= 4 is 0 Å². The zero-order valence-corrected chi connectivity index (χ0v) is 8.82. The molecule has 0 bridgehead atoms. The van der Waals surface area contributed by atoms with Gasteiger partial charge in [0.25, 0.3) is 0 Å². The molecule has 0 aliphatic carbocycles. The summed E-state index contributed by atoms with van der Waals surface area (Å²) in [5, 5.41) is 12.6. The van der Waals surface area contributed by atoms with Gasteiger partial charge in [0.1, 0.15) is 5.75 Å². The first-order valence-corrected chi connectivity index (χ1v) is 5.52. The quantitative estimate of drug-likeness (QED) is 0.685. The van der Waals surface area contributed by atoms with Crippen molar-refractivity contribution in [2.45, 2.75) is 18.9 Å². The summed E-state index contributed by atoms with van der Waals surface area (Å²) in [6.07, 6.45) is 2.39. The van der Waals surface area contributed by atoms with E-state index in [-0.39, 0.29) is 6.04 Å². The smallest absolute Gasteiger partial charge is 0.115 e. The summed E-state index contributed by atoms with van der Waals surface area (Å²) < 4.78 is 0. The molecule has 1 aliphatic heterocycles. The number of aromatic hydroxyl groups is 1. The largest absolute Gasteiger partial charge is 0.508 e. The van der Waals surface area contributed by atoms with E-state index in [0.29, 0.717) is 11.7 Å². The highest BCUT2D eigenvalue weighted by Crippen LogP contribution is 2.25. The van der Waals surface area contributed by atoms with Crippen LogP contribution in [0.4, 0.5) is 0 Å². The van der Waals surface area contributed by atoms with Gasteiger partial charge in [-0.15, -0.1) is 0 Å². The van der Waals surface area contributed by atoms with Gasteiger partial charge < -0.3 is 16.2 Å². The van der Waals surface area contributed by atoms with Crippen LogP contribution in [0.25, 0.3) is 0 Å². The Morgan fingerprint density at radius 3 is 2.67 bits per heavy atom. The number of phenolic OH excluding ortho intramolecular Hbond substituents is 1. The molecular weight excluding hydrogens is 188 g/mol. The molecule has 2 rings (SSSR count). The van der Waals surface area contributed by atoms with Crippen LogP contribution in [-0.2, 0) is 0 Å². The SMILES string of the molecule is NC(c1ccc(O)cc1)C1CCCNC1. The van der Waals surface area contributed by atoms with Gasteiger partial charge in [-0.25, -0.2) is 0 Å². The van der Waals surface area contributed by atoms with E-state index < -0.39 is 0 Å². The lowest BCUT2D eigenvalue weighted by atomic mass is 9.88. The summed E-state index contributed by atoms with van der Waals surface area (Å²) in [6, 6.07) is 7.30. The fourth-order valence-corrected chi connectivity index (χ4v) is 2.15. The van der Waals surface area contributed by atoms with Gasteiger partial charge in [-0.3, -0.25) is 0 Å². The number of rotatable bonds is 2. The van der Waals surface area contributed by atoms with Crippen LogP contribution >= 0.6 is 0 Å². The Labute approximate surface area is 90.3 Å². The van der Waals surface area contributed by atoms with Crippen LogP contribution in [0.1, 0.15) is 24.4 Å². The third kappa shape index (κ3) is 2.49. The van der Waals surface area contributed by atoms with Crippen LogP contribution in [0.2, 0.25) is 0 Å². The van der Waals surface area contributed by atoms with Gasteiger partial charge in [-0.1, -0.05) is 12.1 Å². The molecule has 0 spiro atoms. The summed E-state index contributed by atoms with van der Waals surface area (Å²) in [5.41, 5.74) is 7.31. The molecule has 4 N–H and O–H groups in total. The lowest BCUT2D eigenvalue weighted by Gasteiger charge is -2.28. The highest BCUT2D eigenvalue weighted by molar-refractivity contribution is 5.28. The van der Waals surface area contributed by atoms with E-state index in [1.54, 1.807) is 12.1 Å². The molecule has 0 radical (unpaired) electrons. The van der Waals surface area contributed by atoms with E-state index in [9.17, 15) is 5.11 Å². The Morgan fingerprint density at radius 1 is 1.33 bits per heavy atom. The monoisotopic (exact) mass is 206 g/mol. The Hall–Kier alpha value is -1.06. The van der Waals surface area contributed by atoms with E-state index in [0.717, 1.165) is 18.7 Å². The summed E-state index contributed by atoms with van der Waals surface area (Å²) in [7, 11) is 0. The Kier molecular flexibility index (Phi) is 3.23. The van der Waals surface area contributed by atoms with Crippen LogP contribution in [0, 0.1) is 5.92 Å². The zero-order valence-electron chi connectivity index (χ0n) is 8.82. The minimum Gasteiger partial charge on any atom is -0.508 e. The number of hydrogen-bond donors (Lipinski definition) is 3. The highest BCUT2D eigenvalue weighted by atomic mass is 16.3. The molecule has 0 amide bonds. The molecule has 3 heteroatoms. The molecule has 1 fully saturated rings. The first-order chi connectivity index (χ1) is 7.27. The minimum atomic E-state index is 0.0819. The van der Waals surface area contributed by atoms with Crippen molar-refractivity contribution in [2.75, 3.05) is 13.1 Å². The fraction of sp³-hybridized carbons (Fsp3) is 0.500. The van der Waals surface area contributed by atoms with Gasteiger partial charge in [-0.2, -0.15) is 0 Å². The highest BCUT2D eigenvalue weighted by Gasteiger charge is 2.21. The topological polar surface area (TPSA) is 58.3 Å². The van der Waals surface area contributed by atoms with Gasteiger partial charge in [0, 0.05) is 6.04 Å². The zero-order chi connectivity index (χ0) is 10.7. The summed E-state index contributed by atoms with van der Waals surface area (Å²) in [4.78, 5) is 0. The Bertz CT molecular complexity index is 304. The molecule has 2 atom stereocenters. The van der Waals surface area contributed by atoms with Crippen molar-refractivity contribution in [1.29, 1.82) is 0 Å². The Morgan fingerprint density at radius 2 is 2.07 bits per heavy atom. The number of nitrogens with one attached hydrogen (secondary N) is 1. The minimum absolute atomic E-state index is 0.0819. The third-order valence-electron chi connectivity index (χ3n) is 3.12. The first kappa shape index (κ1) is 10.5. The van der Waals surface area contributed by atoms with Gasteiger partial charge in [0.2, 0.25) is 0 Å². The van der Waals surface area contributed by atoms with Crippen LogP contribution in [-0.4, -0.2) is 18.2 Å². The predicted octanol–water partition coefficient (Wildman–Crippen LogP) is 1.39. The number of piperidine rings is 1. The Balaban J connectivity index is 2.05. The standard InChI is InChI=1S/C12H18N2O/c13-12(10-2-1-7-14-8-10)9-3-5-11(15)6-4-9/h3-6,10,12,14-15H,1-2,7-8,13H2. The average Bonchev–Trinajstić information content (AvgIpc) is 2.30. The number of nitrogens with two attached hydrogens (primary N) is 1. The van der Waals surface area contributed by atoms with Crippen molar-refractivity contribution < 1.29 is 5.11 Å². The number of phenols is 1. The van der Waals surface area contributed by atoms with Crippen LogP contribution in [0.5, 0.6) is 5.75 Å². The van der Waals surface area contributed by atoms with Crippen molar-refractivity contribution in [2.24, 2.45) is 11.7 Å². The van der Waals surface area contributed by atoms with Gasteiger partial charge >= 0.3 is 0 Å². The average molecular weight is 206 g/mol. The number of benzene rings is 1. The predicted molar refractivity (Wildman–Crippen MR) is 60.6 cm³/mol. The second-order valence-electron chi connectivity index (χ2n) is 4.22. The van der Waals surface area contributed by atoms with Crippen molar-refractivity contribution in [1.82, 2.24) is 5.32 Å². The van der Waals surface area contributed by atoms with Gasteiger partial charge in [0.15, 0.2) is 0 Å². The molecule has 0 aromatic heterocycles. The molecule has 0 saturated carbocycles. The molecule has 1 saturated heterocycles. The van der Waals surface area contributed by atoms with E-state index in [1.165, 1.54) is 12.8 Å². The molecule has 2 unspecified atom stereocenters. The maximum absolute atomic E-state index is 9.20. The van der Waals surface area contributed by atoms with Crippen molar-refractivity contribution in [3.05, 3.63) is 29.8 Å². The first-order valence-electron chi connectivity index (χ1n) is 5.52. The van der Waals surface area contributed by atoms with Crippen molar-refractivity contribution in [3.63, 3.8) is 0 Å². The van der Waals surface area contributed by atoms with Gasteiger partial charge in [0.05, 0.1) is 0 Å². The van der Waals surface area contributed by atoms with E-state index >= 15 is 0 Å². The maximum atomic E-state index is 9.20. The molecule has 15 heavy (non-hydrogen) atoms. The molecule has 82 valence electrons. The van der Waals surface area contributed by atoms with Crippen molar-refractivity contribution in [3.8, 4) is 5.75 Å². The maximum Gasteiger partial charge on any atom is 0.115 e. The molecule has 1 aliphatic rings. The van der Waals surface area contributed by atoms with E-state index in [1.807, 2.05) is 12.1 Å². The summed E-state index contributed by atoms with van der Waals surface area (Å²) in [5.74, 6) is 0.816. The van der Waals surface area contributed by atoms with E-state index in [2.05, 4.69) is 5.32 Å². The summed E-state index contributed by atoms with van der Waals surface area (Å²) in [6.45, 7) is 2.11. The molecule has 3 nitrogen and oxygen atoms in total. The molecule has 1 aromatic rings. The second-order valence-corrected chi connectivity index (χ2v) is 4.22. The van der Waals surface area contributed by atoms with Gasteiger partial charge in [-0.05, 0) is 49.5 Å². The summed E-state index contributed by atoms with van der Waals surface area (Å²) >= 11 is 0.